The van der Waals surface area contributed by atoms with Gasteiger partial charge >= 0.3 is 11.9 Å². The summed E-state index contributed by atoms with van der Waals surface area (Å²) in [6.07, 6.45) is -1.93. The standard InChI is InChI=1S/C23H24F4N4O3/c24-18-5-6-19(29-20(18)11-28-17-7-9-34-10-8-17)16-3-1-15(2-4-16)12-30-13-21(32)31(22(30)33)14-23(25,26)27/h1-6,13,17,28,32H,7-12,14H2. The number of aromatic hydroxyl groups is 1. The maximum Gasteiger partial charge on any atom is 0.406 e. The Hall–Kier alpha value is -3.18. The predicted molar refractivity (Wildman–Crippen MR) is 116 cm³/mol. The van der Waals surface area contributed by atoms with E-state index < -0.39 is 30.1 Å². The average molecular weight is 480 g/mol. The first-order valence-corrected chi connectivity index (χ1v) is 10.8. The third kappa shape index (κ3) is 5.84. The number of pyridine rings is 1. The highest BCUT2D eigenvalue weighted by Crippen LogP contribution is 2.22. The fraction of sp³-hybridized carbons (Fsp3) is 0.391. The maximum atomic E-state index is 14.3. The molecule has 2 N–H and O–H groups in total. The number of halogens is 4. The van der Waals surface area contributed by atoms with E-state index in [1.54, 1.807) is 30.3 Å². The molecule has 7 nitrogen and oxygen atoms in total. The lowest BCUT2D eigenvalue weighted by molar-refractivity contribution is -0.142. The van der Waals surface area contributed by atoms with E-state index in [-0.39, 0.29) is 17.2 Å². The van der Waals surface area contributed by atoms with Crippen molar-refractivity contribution in [3.63, 3.8) is 0 Å². The van der Waals surface area contributed by atoms with Crippen molar-refractivity contribution in [3.05, 3.63) is 70.2 Å². The molecule has 0 atom stereocenters. The van der Waals surface area contributed by atoms with Crippen molar-refractivity contribution < 1.29 is 27.4 Å². The Labute approximate surface area is 192 Å². The lowest BCUT2D eigenvalue weighted by atomic mass is 10.1. The molecule has 0 aliphatic carbocycles. The topological polar surface area (TPSA) is 81.3 Å². The third-order valence-corrected chi connectivity index (χ3v) is 5.66. The number of imidazole rings is 1. The van der Waals surface area contributed by atoms with Crippen LogP contribution >= 0.6 is 0 Å². The molecular weight excluding hydrogens is 456 g/mol. The van der Waals surface area contributed by atoms with Crippen LogP contribution in [0.1, 0.15) is 24.1 Å². The molecule has 0 bridgehead atoms. The highest BCUT2D eigenvalue weighted by atomic mass is 19.4. The molecule has 1 aromatic carbocycles. The normalized spacial score (nSPS) is 15.1. The summed E-state index contributed by atoms with van der Waals surface area (Å²) in [4.78, 5) is 16.6. The summed E-state index contributed by atoms with van der Waals surface area (Å²) >= 11 is 0. The summed E-state index contributed by atoms with van der Waals surface area (Å²) in [6.45, 7) is 0.0709. The summed E-state index contributed by atoms with van der Waals surface area (Å²) in [5.41, 5.74) is 1.28. The second-order valence-electron chi connectivity index (χ2n) is 8.19. The molecule has 3 heterocycles. The van der Waals surface area contributed by atoms with E-state index in [1.165, 1.54) is 6.07 Å². The Morgan fingerprint density at radius 2 is 1.82 bits per heavy atom. The molecule has 0 spiro atoms. The van der Waals surface area contributed by atoms with Gasteiger partial charge in [-0.15, -0.1) is 0 Å². The largest absolute Gasteiger partial charge is 0.493 e. The molecule has 1 aliphatic rings. The zero-order valence-electron chi connectivity index (χ0n) is 18.2. The predicted octanol–water partition coefficient (Wildman–Crippen LogP) is 3.44. The second-order valence-corrected chi connectivity index (χ2v) is 8.19. The van der Waals surface area contributed by atoms with Gasteiger partial charge in [0.05, 0.1) is 24.1 Å². The van der Waals surface area contributed by atoms with E-state index in [0.29, 0.717) is 36.7 Å². The van der Waals surface area contributed by atoms with Crippen LogP contribution < -0.4 is 11.0 Å². The maximum absolute atomic E-state index is 14.3. The van der Waals surface area contributed by atoms with E-state index in [4.69, 9.17) is 4.74 Å². The summed E-state index contributed by atoms with van der Waals surface area (Å²) in [5.74, 6) is -1.15. The van der Waals surface area contributed by atoms with Crippen molar-refractivity contribution in [1.82, 2.24) is 19.4 Å². The Kier molecular flexibility index (Phi) is 7.03. The van der Waals surface area contributed by atoms with Gasteiger partial charge in [-0.2, -0.15) is 13.2 Å². The average Bonchev–Trinajstić information content (AvgIpc) is 3.06. The summed E-state index contributed by atoms with van der Waals surface area (Å²) < 4.78 is 58.7. The number of ether oxygens (including phenoxy) is 1. The van der Waals surface area contributed by atoms with Crippen LogP contribution in [0.4, 0.5) is 17.6 Å². The molecule has 34 heavy (non-hydrogen) atoms. The minimum Gasteiger partial charge on any atom is -0.493 e. The van der Waals surface area contributed by atoms with E-state index in [1.807, 2.05) is 0 Å². The molecule has 3 aromatic rings. The highest BCUT2D eigenvalue weighted by Gasteiger charge is 2.30. The molecule has 2 aromatic heterocycles. The first kappa shape index (κ1) is 24.0. The lowest BCUT2D eigenvalue weighted by Gasteiger charge is -2.23. The molecule has 0 amide bonds. The van der Waals surface area contributed by atoms with Gasteiger partial charge in [0.2, 0.25) is 5.88 Å². The minimum atomic E-state index is -4.63. The summed E-state index contributed by atoms with van der Waals surface area (Å²) in [7, 11) is 0. The molecule has 1 saturated heterocycles. The van der Waals surface area contributed by atoms with Gasteiger partial charge in [-0.1, -0.05) is 24.3 Å². The fourth-order valence-corrected chi connectivity index (χ4v) is 3.85. The van der Waals surface area contributed by atoms with Gasteiger partial charge < -0.3 is 15.2 Å². The van der Waals surface area contributed by atoms with Crippen LogP contribution in [-0.4, -0.2) is 44.7 Å². The van der Waals surface area contributed by atoms with Crippen LogP contribution in [0, 0.1) is 5.82 Å². The van der Waals surface area contributed by atoms with Gasteiger partial charge in [-0.05, 0) is 30.5 Å². The van der Waals surface area contributed by atoms with Crippen molar-refractivity contribution >= 4 is 0 Å². The van der Waals surface area contributed by atoms with Crippen molar-refractivity contribution in [2.75, 3.05) is 13.2 Å². The van der Waals surface area contributed by atoms with Gasteiger partial charge in [0.1, 0.15) is 12.4 Å². The molecule has 0 unspecified atom stereocenters. The second kappa shape index (κ2) is 9.98. The molecular formula is C23H24F4N4O3. The van der Waals surface area contributed by atoms with Gasteiger partial charge in [0.15, 0.2) is 0 Å². The van der Waals surface area contributed by atoms with Gasteiger partial charge in [-0.3, -0.25) is 9.13 Å². The van der Waals surface area contributed by atoms with Crippen molar-refractivity contribution in [1.29, 1.82) is 0 Å². The van der Waals surface area contributed by atoms with Crippen LogP contribution in [-0.2, 0) is 24.4 Å². The van der Waals surface area contributed by atoms with Gasteiger partial charge in [0, 0.05) is 31.4 Å². The Bertz CT molecular complexity index is 1180. The molecule has 11 heteroatoms. The molecule has 182 valence electrons. The number of nitrogens with zero attached hydrogens (tertiary/aromatic N) is 3. The third-order valence-electron chi connectivity index (χ3n) is 5.66. The monoisotopic (exact) mass is 480 g/mol. The molecule has 0 radical (unpaired) electrons. The Morgan fingerprint density at radius 1 is 1.12 bits per heavy atom. The van der Waals surface area contributed by atoms with Crippen LogP contribution in [0.5, 0.6) is 5.88 Å². The van der Waals surface area contributed by atoms with Gasteiger partial charge in [0.25, 0.3) is 0 Å². The number of rotatable bonds is 7. The van der Waals surface area contributed by atoms with Crippen molar-refractivity contribution in [3.8, 4) is 17.1 Å². The Balaban J connectivity index is 1.46. The van der Waals surface area contributed by atoms with Crippen molar-refractivity contribution in [2.45, 2.75) is 44.7 Å². The SMILES string of the molecule is O=c1n(Cc2ccc(-c3ccc(F)c(CNC4CCOCC4)n3)cc2)cc(O)n1CC(F)(F)F. The van der Waals surface area contributed by atoms with Crippen LogP contribution in [0.25, 0.3) is 11.3 Å². The van der Waals surface area contributed by atoms with Crippen LogP contribution in [0.2, 0.25) is 0 Å². The first-order chi connectivity index (χ1) is 16.2. The van der Waals surface area contributed by atoms with E-state index in [9.17, 15) is 27.5 Å². The first-order valence-electron chi connectivity index (χ1n) is 10.8. The summed E-state index contributed by atoms with van der Waals surface area (Å²) in [6, 6.07) is 10.1. The lowest BCUT2D eigenvalue weighted by Crippen LogP contribution is -2.34. The smallest absolute Gasteiger partial charge is 0.406 e. The van der Waals surface area contributed by atoms with Crippen LogP contribution in [0.15, 0.2) is 47.4 Å². The number of benzene rings is 1. The highest BCUT2D eigenvalue weighted by molar-refractivity contribution is 5.59. The molecule has 4 rings (SSSR count). The van der Waals surface area contributed by atoms with Crippen molar-refractivity contribution in [2.24, 2.45) is 0 Å². The molecule has 1 aliphatic heterocycles. The number of nitrogens with one attached hydrogen (secondary N) is 1. The zero-order chi connectivity index (χ0) is 24.3. The molecule has 0 saturated carbocycles. The van der Waals surface area contributed by atoms with E-state index in [2.05, 4.69) is 10.3 Å². The number of aromatic nitrogens is 3. The number of alkyl halides is 3. The number of hydrogen-bond donors (Lipinski definition) is 2. The quantitative estimate of drug-likeness (QED) is 0.507. The minimum absolute atomic E-state index is 0.0192. The fourth-order valence-electron chi connectivity index (χ4n) is 3.85. The summed E-state index contributed by atoms with van der Waals surface area (Å²) in [5, 5.41) is 13.0. The van der Waals surface area contributed by atoms with E-state index >= 15 is 0 Å². The zero-order valence-corrected chi connectivity index (χ0v) is 18.2. The van der Waals surface area contributed by atoms with E-state index in [0.717, 1.165) is 29.2 Å². The van der Waals surface area contributed by atoms with Gasteiger partial charge in [-0.25, -0.2) is 14.2 Å². The Morgan fingerprint density at radius 3 is 2.50 bits per heavy atom. The molecule has 1 fully saturated rings. The van der Waals surface area contributed by atoms with Crippen LogP contribution in [0.3, 0.4) is 0 Å². The number of hydrogen-bond acceptors (Lipinski definition) is 5.